The minimum absolute atomic E-state index is 0.0657. The van der Waals surface area contributed by atoms with Crippen molar-refractivity contribution in [2.45, 2.75) is 19.5 Å². The number of hydrogen-bond acceptors (Lipinski definition) is 4. The third kappa shape index (κ3) is 3.34. The van der Waals surface area contributed by atoms with Crippen LogP contribution in [-0.2, 0) is 11.3 Å². The van der Waals surface area contributed by atoms with Gasteiger partial charge in [0.15, 0.2) is 0 Å². The molecular formula is C13H21N3O2. The lowest BCUT2D eigenvalue weighted by atomic mass is 10.2. The highest BCUT2D eigenvalue weighted by Gasteiger charge is 2.24. The lowest BCUT2D eigenvalue weighted by molar-refractivity contribution is -0.126. The summed E-state index contributed by atoms with van der Waals surface area (Å²) < 4.78 is 5.19. The zero-order valence-electron chi connectivity index (χ0n) is 11.1. The summed E-state index contributed by atoms with van der Waals surface area (Å²) in [5.74, 6) is 0.852. The Balaban J connectivity index is 1.77. The summed E-state index contributed by atoms with van der Waals surface area (Å²) in [7, 11) is 2.11. The second-order valence-corrected chi connectivity index (χ2v) is 4.81. The molecule has 0 saturated carbocycles. The van der Waals surface area contributed by atoms with E-state index in [2.05, 4.69) is 22.2 Å². The molecule has 1 aromatic rings. The Morgan fingerprint density at radius 1 is 1.44 bits per heavy atom. The van der Waals surface area contributed by atoms with Crippen LogP contribution in [0.2, 0.25) is 0 Å². The van der Waals surface area contributed by atoms with Gasteiger partial charge in [0.1, 0.15) is 5.76 Å². The van der Waals surface area contributed by atoms with E-state index in [0.717, 1.165) is 31.9 Å². The fourth-order valence-electron chi connectivity index (χ4n) is 2.11. The van der Waals surface area contributed by atoms with Crippen LogP contribution in [0.15, 0.2) is 22.8 Å². The third-order valence-corrected chi connectivity index (χ3v) is 3.48. The average Bonchev–Trinajstić information content (AvgIpc) is 2.89. The van der Waals surface area contributed by atoms with Crippen LogP contribution in [0.5, 0.6) is 0 Å². The van der Waals surface area contributed by atoms with Gasteiger partial charge in [-0.3, -0.25) is 9.69 Å². The molecule has 1 aromatic heterocycles. The summed E-state index contributed by atoms with van der Waals surface area (Å²) in [6, 6.07) is 3.61. The molecule has 0 radical (unpaired) electrons. The van der Waals surface area contributed by atoms with Crippen LogP contribution in [0.1, 0.15) is 12.7 Å². The minimum Gasteiger partial charge on any atom is -0.467 e. The fraction of sp³-hybridized carbons (Fsp3) is 0.615. The van der Waals surface area contributed by atoms with Gasteiger partial charge in [-0.25, -0.2) is 0 Å². The van der Waals surface area contributed by atoms with Crippen molar-refractivity contribution >= 4 is 5.91 Å². The number of amides is 1. The molecule has 1 aliphatic rings. The predicted molar refractivity (Wildman–Crippen MR) is 69.1 cm³/mol. The van der Waals surface area contributed by atoms with Gasteiger partial charge in [0.2, 0.25) is 5.91 Å². The van der Waals surface area contributed by atoms with Crippen LogP contribution in [0.4, 0.5) is 0 Å². The summed E-state index contributed by atoms with van der Waals surface area (Å²) >= 11 is 0. The highest BCUT2D eigenvalue weighted by atomic mass is 16.3. The first-order valence-electron chi connectivity index (χ1n) is 6.39. The van der Waals surface area contributed by atoms with Crippen LogP contribution in [0.25, 0.3) is 0 Å². The van der Waals surface area contributed by atoms with E-state index in [1.54, 1.807) is 6.26 Å². The zero-order valence-corrected chi connectivity index (χ0v) is 11.1. The molecule has 0 unspecified atom stereocenters. The largest absolute Gasteiger partial charge is 0.467 e. The topological polar surface area (TPSA) is 48.7 Å². The quantitative estimate of drug-likeness (QED) is 0.848. The molecule has 100 valence electrons. The summed E-state index contributed by atoms with van der Waals surface area (Å²) in [5, 5.41) is 2.91. The average molecular weight is 251 g/mol. The lowest BCUT2D eigenvalue weighted by Gasteiger charge is -2.35. The second kappa shape index (κ2) is 6.02. The summed E-state index contributed by atoms with van der Waals surface area (Å²) in [5.41, 5.74) is 0. The van der Waals surface area contributed by atoms with Gasteiger partial charge in [-0.05, 0) is 26.1 Å². The van der Waals surface area contributed by atoms with E-state index in [1.807, 2.05) is 19.1 Å². The maximum absolute atomic E-state index is 12.0. The molecular weight excluding hydrogens is 230 g/mol. The SMILES string of the molecule is C[C@H](C(=O)NCc1ccco1)N1CCN(C)CC1. The van der Waals surface area contributed by atoms with Crippen LogP contribution < -0.4 is 5.32 Å². The molecule has 0 spiro atoms. The number of likely N-dealkylation sites (N-methyl/N-ethyl adjacent to an activating group) is 1. The molecule has 0 bridgehead atoms. The first-order valence-corrected chi connectivity index (χ1v) is 6.39. The number of carbonyl (C=O) groups excluding carboxylic acids is 1. The maximum atomic E-state index is 12.0. The van der Waals surface area contributed by atoms with Gasteiger partial charge < -0.3 is 14.6 Å². The van der Waals surface area contributed by atoms with Crippen molar-refractivity contribution < 1.29 is 9.21 Å². The molecule has 1 aliphatic heterocycles. The molecule has 2 rings (SSSR count). The fourth-order valence-corrected chi connectivity index (χ4v) is 2.11. The second-order valence-electron chi connectivity index (χ2n) is 4.81. The number of furan rings is 1. The molecule has 1 N–H and O–H groups in total. The van der Waals surface area contributed by atoms with Gasteiger partial charge in [-0.15, -0.1) is 0 Å². The zero-order chi connectivity index (χ0) is 13.0. The molecule has 2 heterocycles. The third-order valence-electron chi connectivity index (χ3n) is 3.48. The molecule has 0 aliphatic carbocycles. The standard InChI is InChI=1S/C13H21N3O2/c1-11(16-7-5-15(2)6-8-16)13(17)14-10-12-4-3-9-18-12/h3-4,9,11H,5-8,10H2,1-2H3,(H,14,17)/t11-/m1/s1. The highest BCUT2D eigenvalue weighted by molar-refractivity contribution is 5.81. The Morgan fingerprint density at radius 2 is 2.17 bits per heavy atom. The molecule has 1 fully saturated rings. The number of hydrogen-bond donors (Lipinski definition) is 1. The normalized spacial score (nSPS) is 19.7. The minimum atomic E-state index is -0.0753. The first kappa shape index (κ1) is 13.1. The number of rotatable bonds is 4. The van der Waals surface area contributed by atoms with Gasteiger partial charge in [0.05, 0.1) is 18.8 Å². The van der Waals surface area contributed by atoms with Gasteiger partial charge in [-0.1, -0.05) is 0 Å². The molecule has 1 amide bonds. The Kier molecular flexibility index (Phi) is 4.38. The van der Waals surface area contributed by atoms with E-state index < -0.39 is 0 Å². The van der Waals surface area contributed by atoms with Crippen molar-refractivity contribution in [2.75, 3.05) is 33.2 Å². The van der Waals surface area contributed by atoms with Gasteiger partial charge in [0, 0.05) is 26.2 Å². The Labute approximate surface area is 108 Å². The summed E-state index contributed by atoms with van der Waals surface area (Å²) in [6.07, 6.45) is 1.62. The van der Waals surface area contributed by atoms with Crippen LogP contribution in [-0.4, -0.2) is 55.0 Å². The Morgan fingerprint density at radius 3 is 2.78 bits per heavy atom. The highest BCUT2D eigenvalue weighted by Crippen LogP contribution is 2.06. The lowest BCUT2D eigenvalue weighted by Crippen LogP contribution is -2.52. The molecule has 1 saturated heterocycles. The monoisotopic (exact) mass is 251 g/mol. The van der Waals surface area contributed by atoms with Crippen molar-refractivity contribution in [2.24, 2.45) is 0 Å². The van der Waals surface area contributed by atoms with Gasteiger partial charge in [0.25, 0.3) is 0 Å². The molecule has 5 heteroatoms. The predicted octanol–water partition coefficient (Wildman–Crippen LogP) is 0.532. The van der Waals surface area contributed by atoms with Gasteiger partial charge in [-0.2, -0.15) is 0 Å². The molecule has 0 aromatic carbocycles. The number of nitrogens with zero attached hydrogens (tertiary/aromatic N) is 2. The Bertz CT molecular complexity index is 370. The number of carbonyl (C=O) groups is 1. The summed E-state index contributed by atoms with van der Waals surface area (Å²) in [6.45, 7) is 6.37. The van der Waals surface area contributed by atoms with Crippen molar-refractivity contribution in [3.63, 3.8) is 0 Å². The number of nitrogens with one attached hydrogen (secondary N) is 1. The maximum Gasteiger partial charge on any atom is 0.237 e. The first-order chi connectivity index (χ1) is 8.66. The van der Waals surface area contributed by atoms with E-state index in [4.69, 9.17) is 4.42 Å². The van der Waals surface area contributed by atoms with E-state index in [0.29, 0.717) is 6.54 Å². The molecule has 5 nitrogen and oxygen atoms in total. The Hall–Kier alpha value is -1.33. The van der Waals surface area contributed by atoms with Crippen LogP contribution in [0.3, 0.4) is 0 Å². The molecule has 18 heavy (non-hydrogen) atoms. The molecule has 1 atom stereocenters. The van der Waals surface area contributed by atoms with Crippen molar-refractivity contribution in [3.05, 3.63) is 24.2 Å². The van der Waals surface area contributed by atoms with Gasteiger partial charge >= 0.3 is 0 Å². The van der Waals surface area contributed by atoms with Crippen molar-refractivity contribution in [3.8, 4) is 0 Å². The van der Waals surface area contributed by atoms with E-state index in [1.165, 1.54) is 0 Å². The van der Waals surface area contributed by atoms with Crippen LogP contribution in [0, 0.1) is 0 Å². The van der Waals surface area contributed by atoms with E-state index >= 15 is 0 Å². The smallest absolute Gasteiger partial charge is 0.237 e. The van der Waals surface area contributed by atoms with Crippen LogP contribution >= 0.6 is 0 Å². The van der Waals surface area contributed by atoms with E-state index in [9.17, 15) is 4.79 Å². The number of piperazine rings is 1. The van der Waals surface area contributed by atoms with Crippen molar-refractivity contribution in [1.82, 2.24) is 15.1 Å². The summed E-state index contributed by atoms with van der Waals surface area (Å²) in [4.78, 5) is 16.5. The van der Waals surface area contributed by atoms with Crippen molar-refractivity contribution in [1.29, 1.82) is 0 Å². The van der Waals surface area contributed by atoms with E-state index in [-0.39, 0.29) is 11.9 Å².